The van der Waals surface area contributed by atoms with Crippen molar-refractivity contribution in [2.24, 2.45) is 11.3 Å². The standard InChI is InChI=1S/C16H18F2O2/c1-16-5-4-9(6-11(16)2-3-14(16)19)10-7-12(17)15(20)13(18)8-10/h6-8,11,14,19-20H,2-5H2,1H3/t11?,14-,16-/m0/s1. The summed E-state index contributed by atoms with van der Waals surface area (Å²) in [5.74, 6) is -2.53. The van der Waals surface area contributed by atoms with Crippen LogP contribution in [0.15, 0.2) is 18.2 Å². The molecular weight excluding hydrogens is 262 g/mol. The number of fused-ring (bicyclic) bond motifs is 1. The monoisotopic (exact) mass is 280 g/mol. The third-order valence-electron chi connectivity index (χ3n) is 5.08. The Bertz CT molecular complexity index is 559. The van der Waals surface area contributed by atoms with E-state index in [0.717, 1.165) is 24.8 Å². The fraction of sp³-hybridized carbons (Fsp3) is 0.500. The smallest absolute Gasteiger partial charge is 0.187 e. The lowest BCUT2D eigenvalue weighted by molar-refractivity contribution is 0.0419. The highest BCUT2D eigenvalue weighted by Gasteiger charge is 2.46. The van der Waals surface area contributed by atoms with Crippen LogP contribution in [0.5, 0.6) is 5.75 Å². The van der Waals surface area contributed by atoms with Crippen LogP contribution in [0.25, 0.3) is 5.57 Å². The maximum absolute atomic E-state index is 13.4. The zero-order valence-corrected chi connectivity index (χ0v) is 11.4. The third kappa shape index (κ3) is 1.94. The second-order valence-corrected chi connectivity index (χ2v) is 6.19. The molecule has 20 heavy (non-hydrogen) atoms. The van der Waals surface area contributed by atoms with Gasteiger partial charge in [0.05, 0.1) is 6.10 Å². The van der Waals surface area contributed by atoms with Gasteiger partial charge in [-0.05, 0) is 54.9 Å². The lowest BCUT2D eigenvalue weighted by Gasteiger charge is -2.37. The van der Waals surface area contributed by atoms with E-state index < -0.39 is 17.4 Å². The van der Waals surface area contributed by atoms with Crippen LogP contribution < -0.4 is 0 Å². The van der Waals surface area contributed by atoms with Gasteiger partial charge < -0.3 is 10.2 Å². The van der Waals surface area contributed by atoms with E-state index in [0.29, 0.717) is 12.0 Å². The van der Waals surface area contributed by atoms with Gasteiger partial charge in [-0.15, -0.1) is 0 Å². The van der Waals surface area contributed by atoms with E-state index in [1.807, 2.05) is 6.08 Å². The van der Waals surface area contributed by atoms with Gasteiger partial charge in [-0.1, -0.05) is 13.0 Å². The molecule has 0 amide bonds. The van der Waals surface area contributed by atoms with E-state index in [2.05, 4.69) is 6.92 Å². The second-order valence-electron chi connectivity index (χ2n) is 6.19. The van der Waals surface area contributed by atoms with Crippen LogP contribution in [0.2, 0.25) is 0 Å². The first-order valence-corrected chi connectivity index (χ1v) is 6.99. The Kier molecular flexibility index (Phi) is 3.09. The highest BCUT2D eigenvalue weighted by molar-refractivity contribution is 5.68. The summed E-state index contributed by atoms with van der Waals surface area (Å²) in [6.45, 7) is 2.08. The van der Waals surface area contributed by atoms with Crippen molar-refractivity contribution in [3.8, 4) is 5.75 Å². The lowest BCUT2D eigenvalue weighted by Crippen LogP contribution is -2.33. The molecule has 1 fully saturated rings. The minimum atomic E-state index is -0.930. The molecule has 2 aliphatic carbocycles. The van der Waals surface area contributed by atoms with Gasteiger partial charge in [0.15, 0.2) is 17.4 Å². The minimum absolute atomic E-state index is 0.114. The van der Waals surface area contributed by atoms with Crippen molar-refractivity contribution >= 4 is 5.57 Å². The number of hydrogen-bond donors (Lipinski definition) is 2. The van der Waals surface area contributed by atoms with Crippen LogP contribution in [0, 0.1) is 23.0 Å². The number of phenols is 1. The molecule has 108 valence electrons. The normalized spacial score (nSPS) is 32.9. The van der Waals surface area contributed by atoms with Crippen molar-refractivity contribution in [3.63, 3.8) is 0 Å². The third-order valence-corrected chi connectivity index (χ3v) is 5.08. The average molecular weight is 280 g/mol. The number of rotatable bonds is 1. The maximum atomic E-state index is 13.4. The molecule has 0 spiro atoms. The zero-order valence-electron chi connectivity index (χ0n) is 11.4. The zero-order chi connectivity index (χ0) is 14.5. The van der Waals surface area contributed by atoms with Crippen LogP contribution in [0.3, 0.4) is 0 Å². The quantitative estimate of drug-likeness (QED) is 0.824. The summed E-state index contributed by atoms with van der Waals surface area (Å²) in [5.41, 5.74) is 1.28. The van der Waals surface area contributed by atoms with E-state index in [1.165, 1.54) is 12.1 Å². The Morgan fingerprint density at radius 1 is 1.20 bits per heavy atom. The predicted molar refractivity (Wildman–Crippen MR) is 72.1 cm³/mol. The van der Waals surface area contributed by atoms with Gasteiger partial charge in [0.25, 0.3) is 0 Å². The molecule has 3 atom stereocenters. The lowest BCUT2D eigenvalue weighted by atomic mass is 9.69. The molecule has 0 radical (unpaired) electrons. The molecule has 0 aliphatic heterocycles. The summed E-state index contributed by atoms with van der Waals surface area (Å²) >= 11 is 0. The first-order valence-electron chi connectivity index (χ1n) is 6.99. The number of hydrogen-bond acceptors (Lipinski definition) is 2. The van der Waals surface area contributed by atoms with Crippen molar-refractivity contribution in [1.29, 1.82) is 0 Å². The molecule has 0 aromatic heterocycles. The highest BCUT2D eigenvalue weighted by atomic mass is 19.1. The number of halogens is 2. The summed E-state index contributed by atoms with van der Waals surface area (Å²) in [5, 5.41) is 19.2. The van der Waals surface area contributed by atoms with E-state index in [9.17, 15) is 13.9 Å². The SMILES string of the molecule is C[C@]12CCC(c3cc(F)c(O)c(F)c3)=CC1CC[C@@H]2O. The van der Waals surface area contributed by atoms with Gasteiger partial charge in [0.2, 0.25) is 0 Å². The van der Waals surface area contributed by atoms with Crippen molar-refractivity contribution in [3.05, 3.63) is 35.4 Å². The topological polar surface area (TPSA) is 40.5 Å². The summed E-state index contributed by atoms with van der Waals surface area (Å²) in [6, 6.07) is 2.36. The summed E-state index contributed by atoms with van der Waals surface area (Å²) in [7, 11) is 0. The Balaban J connectivity index is 1.97. The molecule has 2 N–H and O–H groups in total. The van der Waals surface area contributed by atoms with Crippen molar-refractivity contribution in [2.45, 2.75) is 38.7 Å². The van der Waals surface area contributed by atoms with E-state index >= 15 is 0 Å². The van der Waals surface area contributed by atoms with Gasteiger partial charge in [0.1, 0.15) is 0 Å². The molecular formula is C16H18F2O2. The molecule has 2 aliphatic rings. The Labute approximate surface area is 116 Å². The Morgan fingerprint density at radius 2 is 1.85 bits per heavy atom. The summed E-state index contributed by atoms with van der Waals surface area (Å²) < 4.78 is 26.9. The largest absolute Gasteiger partial charge is 0.503 e. The molecule has 3 rings (SSSR count). The highest BCUT2D eigenvalue weighted by Crippen LogP contribution is 2.52. The molecule has 0 saturated heterocycles. The van der Waals surface area contributed by atoms with Crippen molar-refractivity contribution in [1.82, 2.24) is 0 Å². The Morgan fingerprint density at radius 3 is 2.50 bits per heavy atom. The number of aromatic hydroxyl groups is 1. The number of allylic oxidation sites excluding steroid dienone is 2. The first kappa shape index (κ1) is 13.6. The summed E-state index contributed by atoms with van der Waals surface area (Å²) in [6.07, 6.45) is 4.94. The van der Waals surface area contributed by atoms with Crippen LogP contribution in [0.4, 0.5) is 8.78 Å². The number of aliphatic hydroxyl groups excluding tert-OH is 1. The molecule has 1 aromatic carbocycles. The van der Waals surface area contributed by atoms with Crippen LogP contribution in [-0.4, -0.2) is 16.3 Å². The van der Waals surface area contributed by atoms with Gasteiger partial charge >= 0.3 is 0 Å². The predicted octanol–water partition coefficient (Wildman–Crippen LogP) is 3.62. The molecule has 0 bridgehead atoms. The molecule has 2 nitrogen and oxygen atoms in total. The molecule has 1 saturated carbocycles. The van der Waals surface area contributed by atoms with Crippen LogP contribution in [-0.2, 0) is 0 Å². The van der Waals surface area contributed by atoms with Gasteiger partial charge in [-0.25, -0.2) is 8.78 Å². The number of benzene rings is 1. The minimum Gasteiger partial charge on any atom is -0.503 e. The molecule has 4 heteroatoms. The van der Waals surface area contributed by atoms with Crippen molar-refractivity contribution < 1.29 is 19.0 Å². The van der Waals surface area contributed by atoms with Gasteiger partial charge in [0, 0.05) is 5.41 Å². The summed E-state index contributed by atoms with van der Waals surface area (Å²) in [4.78, 5) is 0. The maximum Gasteiger partial charge on any atom is 0.187 e. The van der Waals surface area contributed by atoms with E-state index in [1.54, 1.807) is 0 Å². The molecule has 0 heterocycles. The molecule has 1 unspecified atom stereocenters. The van der Waals surface area contributed by atoms with E-state index in [4.69, 9.17) is 5.11 Å². The van der Waals surface area contributed by atoms with Crippen molar-refractivity contribution in [2.75, 3.05) is 0 Å². The molecule has 1 aromatic rings. The fourth-order valence-corrected chi connectivity index (χ4v) is 3.59. The van der Waals surface area contributed by atoms with Gasteiger partial charge in [-0.2, -0.15) is 0 Å². The first-order chi connectivity index (χ1) is 9.41. The van der Waals surface area contributed by atoms with E-state index in [-0.39, 0.29) is 17.4 Å². The number of aliphatic hydroxyl groups is 1. The van der Waals surface area contributed by atoms with Gasteiger partial charge in [-0.3, -0.25) is 0 Å². The van der Waals surface area contributed by atoms with Crippen LogP contribution >= 0.6 is 0 Å². The number of phenolic OH excluding ortho intramolecular Hbond substituents is 1. The van der Waals surface area contributed by atoms with Crippen LogP contribution in [0.1, 0.15) is 38.2 Å². The fourth-order valence-electron chi connectivity index (χ4n) is 3.59. The average Bonchev–Trinajstić information content (AvgIpc) is 2.71. The second kappa shape index (κ2) is 4.55. The Hall–Kier alpha value is -1.42.